The number of nitrogens with zero attached hydrogens (tertiary/aromatic N) is 1. The Morgan fingerprint density at radius 2 is 2.10 bits per heavy atom. The highest BCUT2D eigenvalue weighted by molar-refractivity contribution is 5.86. The van der Waals surface area contributed by atoms with E-state index in [1.807, 2.05) is 29.2 Å². The van der Waals surface area contributed by atoms with Gasteiger partial charge in [-0.15, -0.1) is 0 Å². The van der Waals surface area contributed by atoms with E-state index in [1.165, 1.54) is 0 Å². The summed E-state index contributed by atoms with van der Waals surface area (Å²) >= 11 is 0. The van der Waals surface area contributed by atoms with Crippen LogP contribution in [0, 0.1) is 0 Å². The van der Waals surface area contributed by atoms with Gasteiger partial charge in [0.25, 0.3) is 0 Å². The van der Waals surface area contributed by atoms with E-state index in [2.05, 4.69) is 19.2 Å². The molecule has 1 amide bonds. The second-order valence-electron chi connectivity index (χ2n) is 5.58. The molecule has 0 aliphatic carbocycles. The van der Waals surface area contributed by atoms with Crippen LogP contribution in [0.2, 0.25) is 0 Å². The van der Waals surface area contributed by atoms with Gasteiger partial charge in [-0.1, -0.05) is 32.0 Å². The first-order valence-electron chi connectivity index (χ1n) is 7.97. The van der Waals surface area contributed by atoms with E-state index in [-0.39, 0.29) is 24.5 Å². The van der Waals surface area contributed by atoms with Gasteiger partial charge in [0.2, 0.25) is 5.91 Å². The largest absolute Gasteiger partial charge is 0.395 e. The summed E-state index contributed by atoms with van der Waals surface area (Å²) in [6.07, 6.45) is 2.67. The van der Waals surface area contributed by atoms with Gasteiger partial charge in [-0.05, 0) is 30.9 Å². The summed E-state index contributed by atoms with van der Waals surface area (Å²) in [4.78, 5) is 14.9. The van der Waals surface area contributed by atoms with Crippen LogP contribution in [-0.4, -0.2) is 41.7 Å². The summed E-state index contributed by atoms with van der Waals surface area (Å²) in [6, 6.07) is 8.26. The van der Waals surface area contributed by atoms with Crippen molar-refractivity contribution in [3.63, 3.8) is 0 Å². The fourth-order valence-electron chi connectivity index (χ4n) is 3.24. The monoisotopic (exact) mass is 290 g/mol. The number of fused-ring (bicyclic) bond motifs is 1. The quantitative estimate of drug-likeness (QED) is 0.846. The normalized spacial score (nSPS) is 17.2. The van der Waals surface area contributed by atoms with Crippen molar-refractivity contribution in [3.8, 4) is 0 Å². The zero-order chi connectivity index (χ0) is 15.2. The van der Waals surface area contributed by atoms with Crippen LogP contribution < -0.4 is 5.32 Å². The average molecular weight is 290 g/mol. The summed E-state index contributed by atoms with van der Waals surface area (Å²) in [5.41, 5.74) is 2.15. The van der Waals surface area contributed by atoms with Crippen LogP contribution >= 0.6 is 0 Å². The predicted molar refractivity (Wildman–Crippen MR) is 85.5 cm³/mol. The van der Waals surface area contributed by atoms with Crippen molar-refractivity contribution < 1.29 is 9.90 Å². The first kappa shape index (κ1) is 15.8. The minimum Gasteiger partial charge on any atom is -0.395 e. The topological polar surface area (TPSA) is 52.6 Å². The minimum atomic E-state index is -0.0883. The minimum absolute atomic E-state index is 0.0227. The Morgan fingerprint density at radius 3 is 2.76 bits per heavy atom. The molecule has 1 aliphatic rings. The third kappa shape index (κ3) is 3.38. The molecule has 2 rings (SSSR count). The molecule has 4 heteroatoms. The second kappa shape index (κ2) is 7.46. The van der Waals surface area contributed by atoms with E-state index >= 15 is 0 Å². The molecular formula is C17H26N2O2. The van der Waals surface area contributed by atoms with Crippen LogP contribution in [-0.2, 0) is 4.79 Å². The van der Waals surface area contributed by atoms with Crippen LogP contribution in [0.5, 0.6) is 0 Å². The van der Waals surface area contributed by atoms with Gasteiger partial charge in [-0.25, -0.2) is 0 Å². The summed E-state index contributed by atoms with van der Waals surface area (Å²) in [6.45, 7) is 5.47. The molecule has 0 bridgehead atoms. The van der Waals surface area contributed by atoms with E-state index in [9.17, 15) is 9.90 Å². The first-order chi connectivity index (χ1) is 10.2. The standard InChI is InChI=1S/C17H26N2O2/c1-3-13(4-2)19(11-12-20)17(21)15-9-10-18-16-8-6-5-7-14(15)16/h5-8,13,15,18,20H,3-4,9-12H2,1-2H3. The van der Waals surface area contributed by atoms with Crippen molar-refractivity contribution in [2.24, 2.45) is 0 Å². The van der Waals surface area contributed by atoms with E-state index in [0.29, 0.717) is 6.54 Å². The van der Waals surface area contributed by atoms with Crippen LogP contribution in [0.1, 0.15) is 44.6 Å². The van der Waals surface area contributed by atoms with E-state index in [0.717, 1.165) is 37.1 Å². The van der Waals surface area contributed by atoms with Crippen molar-refractivity contribution in [2.45, 2.75) is 45.1 Å². The van der Waals surface area contributed by atoms with Crippen LogP contribution in [0.4, 0.5) is 5.69 Å². The number of rotatable bonds is 6. The maximum absolute atomic E-state index is 13.0. The molecule has 0 saturated heterocycles. The molecule has 1 unspecified atom stereocenters. The van der Waals surface area contributed by atoms with Crippen molar-refractivity contribution in [2.75, 3.05) is 25.0 Å². The second-order valence-corrected chi connectivity index (χ2v) is 5.58. The summed E-state index contributed by atoms with van der Waals surface area (Å²) in [7, 11) is 0. The molecule has 21 heavy (non-hydrogen) atoms. The summed E-state index contributed by atoms with van der Waals surface area (Å²) in [5, 5.41) is 12.7. The van der Waals surface area contributed by atoms with Gasteiger partial charge < -0.3 is 15.3 Å². The zero-order valence-corrected chi connectivity index (χ0v) is 13.0. The van der Waals surface area contributed by atoms with Crippen molar-refractivity contribution in [1.82, 2.24) is 4.90 Å². The Labute approximate surface area is 127 Å². The lowest BCUT2D eigenvalue weighted by Gasteiger charge is -2.35. The van der Waals surface area contributed by atoms with Crippen molar-refractivity contribution in [1.29, 1.82) is 0 Å². The van der Waals surface area contributed by atoms with Gasteiger partial charge >= 0.3 is 0 Å². The highest BCUT2D eigenvalue weighted by Crippen LogP contribution is 2.33. The number of para-hydroxylation sites is 1. The first-order valence-corrected chi connectivity index (χ1v) is 7.97. The zero-order valence-electron chi connectivity index (χ0n) is 13.0. The molecule has 0 spiro atoms. The van der Waals surface area contributed by atoms with Gasteiger partial charge in [-0.3, -0.25) is 4.79 Å². The van der Waals surface area contributed by atoms with E-state index < -0.39 is 0 Å². The molecule has 2 N–H and O–H groups in total. The number of aliphatic hydroxyl groups excluding tert-OH is 1. The number of benzene rings is 1. The lowest BCUT2D eigenvalue weighted by Crippen LogP contribution is -2.45. The number of anilines is 1. The number of nitrogens with one attached hydrogen (secondary N) is 1. The molecule has 1 aromatic carbocycles. The molecule has 0 radical (unpaired) electrons. The third-order valence-electron chi connectivity index (χ3n) is 4.39. The lowest BCUT2D eigenvalue weighted by molar-refractivity contribution is -0.136. The molecule has 1 aliphatic heterocycles. The number of carbonyl (C=O) groups is 1. The van der Waals surface area contributed by atoms with Crippen LogP contribution in [0.15, 0.2) is 24.3 Å². The van der Waals surface area contributed by atoms with Gasteiger partial charge in [-0.2, -0.15) is 0 Å². The van der Waals surface area contributed by atoms with E-state index in [4.69, 9.17) is 0 Å². The molecule has 1 heterocycles. The van der Waals surface area contributed by atoms with Gasteiger partial charge in [0.1, 0.15) is 0 Å². The fraction of sp³-hybridized carbons (Fsp3) is 0.588. The number of hydrogen-bond acceptors (Lipinski definition) is 3. The maximum Gasteiger partial charge on any atom is 0.230 e. The van der Waals surface area contributed by atoms with Crippen LogP contribution in [0.3, 0.4) is 0 Å². The summed E-state index contributed by atoms with van der Waals surface area (Å²) < 4.78 is 0. The highest BCUT2D eigenvalue weighted by Gasteiger charge is 2.31. The Balaban J connectivity index is 2.25. The van der Waals surface area contributed by atoms with Crippen LogP contribution in [0.25, 0.3) is 0 Å². The molecule has 0 saturated carbocycles. The molecule has 0 fully saturated rings. The number of carbonyl (C=O) groups excluding carboxylic acids is 1. The Kier molecular flexibility index (Phi) is 5.62. The Hall–Kier alpha value is -1.55. The van der Waals surface area contributed by atoms with E-state index in [1.54, 1.807) is 0 Å². The molecule has 1 atom stereocenters. The Bertz CT molecular complexity index is 472. The average Bonchev–Trinajstić information content (AvgIpc) is 2.54. The molecular weight excluding hydrogens is 264 g/mol. The van der Waals surface area contributed by atoms with Crippen molar-refractivity contribution in [3.05, 3.63) is 29.8 Å². The molecule has 116 valence electrons. The fourth-order valence-corrected chi connectivity index (χ4v) is 3.24. The highest BCUT2D eigenvalue weighted by atomic mass is 16.3. The number of hydrogen-bond donors (Lipinski definition) is 2. The third-order valence-corrected chi connectivity index (χ3v) is 4.39. The smallest absolute Gasteiger partial charge is 0.230 e. The Morgan fingerprint density at radius 1 is 1.38 bits per heavy atom. The van der Waals surface area contributed by atoms with Gasteiger partial charge in [0, 0.05) is 24.8 Å². The summed E-state index contributed by atoms with van der Waals surface area (Å²) in [5.74, 6) is 0.0706. The molecule has 0 aromatic heterocycles. The predicted octanol–water partition coefficient (Wildman–Crippen LogP) is 2.60. The van der Waals surface area contributed by atoms with Gasteiger partial charge in [0.15, 0.2) is 0 Å². The SMILES string of the molecule is CCC(CC)N(CCO)C(=O)C1CCNc2ccccc21. The molecule has 4 nitrogen and oxygen atoms in total. The lowest BCUT2D eigenvalue weighted by atomic mass is 9.89. The number of amides is 1. The van der Waals surface area contributed by atoms with Crippen molar-refractivity contribution >= 4 is 11.6 Å². The molecule has 1 aromatic rings. The number of aliphatic hydroxyl groups is 1. The van der Waals surface area contributed by atoms with Gasteiger partial charge in [0.05, 0.1) is 12.5 Å². The maximum atomic E-state index is 13.0.